The monoisotopic (exact) mass is 440 g/mol. The normalized spacial score (nSPS) is 17.0. The van der Waals surface area contributed by atoms with Crippen molar-refractivity contribution in [2.75, 3.05) is 31.5 Å². The average molecular weight is 441 g/mol. The highest BCUT2D eigenvalue weighted by Crippen LogP contribution is 2.21. The van der Waals surface area contributed by atoms with Crippen LogP contribution in [0.2, 0.25) is 0 Å². The van der Waals surface area contributed by atoms with Crippen LogP contribution in [0.25, 0.3) is 11.0 Å². The van der Waals surface area contributed by atoms with Crippen LogP contribution in [-0.2, 0) is 16.0 Å². The standard InChI is InChI=1S/C22H28N6O2S/c1-14-15(2)31-22(24-14)27-20(29)13-28-11-5-6-16(12-28)21(30)23-10-9-19-25-17-7-3-4-8-18(17)26-19/h3-4,7-8,16H,5-6,9-13H2,1-2H3,(H,23,30)(H,25,26)(H,24,27,29). The Morgan fingerprint density at radius 3 is 2.87 bits per heavy atom. The number of hydrogen-bond donors (Lipinski definition) is 3. The molecule has 1 aliphatic heterocycles. The number of carbonyl (C=O) groups is 2. The molecule has 2 aromatic heterocycles. The van der Waals surface area contributed by atoms with Gasteiger partial charge in [-0.2, -0.15) is 0 Å². The molecule has 1 aromatic carbocycles. The number of H-pyrrole nitrogens is 1. The van der Waals surface area contributed by atoms with Gasteiger partial charge in [0.2, 0.25) is 11.8 Å². The van der Waals surface area contributed by atoms with E-state index >= 15 is 0 Å². The number of para-hydroxylation sites is 2. The number of benzene rings is 1. The molecule has 0 bridgehead atoms. The lowest BCUT2D eigenvalue weighted by Gasteiger charge is -2.31. The first-order chi connectivity index (χ1) is 15.0. The highest BCUT2D eigenvalue weighted by atomic mass is 32.1. The number of anilines is 1. The summed E-state index contributed by atoms with van der Waals surface area (Å²) < 4.78 is 0. The summed E-state index contributed by atoms with van der Waals surface area (Å²) in [5, 5.41) is 6.54. The van der Waals surface area contributed by atoms with Gasteiger partial charge >= 0.3 is 0 Å². The van der Waals surface area contributed by atoms with Gasteiger partial charge in [-0.1, -0.05) is 12.1 Å². The summed E-state index contributed by atoms with van der Waals surface area (Å²) in [6, 6.07) is 7.90. The Kier molecular flexibility index (Phi) is 6.62. The lowest BCUT2D eigenvalue weighted by molar-refractivity contribution is -0.127. The number of aromatic amines is 1. The first-order valence-electron chi connectivity index (χ1n) is 10.7. The van der Waals surface area contributed by atoms with E-state index in [0.717, 1.165) is 46.8 Å². The molecule has 0 spiro atoms. The molecule has 3 aromatic rings. The lowest BCUT2D eigenvalue weighted by Crippen LogP contribution is -2.45. The number of likely N-dealkylation sites (tertiary alicyclic amines) is 1. The van der Waals surface area contributed by atoms with E-state index in [2.05, 4.69) is 30.5 Å². The van der Waals surface area contributed by atoms with Crippen LogP contribution in [0.1, 0.15) is 29.2 Å². The van der Waals surface area contributed by atoms with Gasteiger partial charge in [0, 0.05) is 24.4 Å². The molecule has 0 aliphatic carbocycles. The summed E-state index contributed by atoms with van der Waals surface area (Å²) in [5.41, 5.74) is 2.89. The maximum Gasteiger partial charge on any atom is 0.240 e. The molecule has 164 valence electrons. The lowest BCUT2D eigenvalue weighted by atomic mass is 9.97. The SMILES string of the molecule is Cc1nc(NC(=O)CN2CCCC(C(=O)NCCc3nc4ccccc4[nH]3)C2)sc1C. The Labute approximate surface area is 185 Å². The van der Waals surface area contributed by atoms with Crippen molar-refractivity contribution in [1.29, 1.82) is 0 Å². The van der Waals surface area contributed by atoms with E-state index in [4.69, 9.17) is 0 Å². The molecule has 1 aliphatic rings. The van der Waals surface area contributed by atoms with E-state index < -0.39 is 0 Å². The van der Waals surface area contributed by atoms with Crippen LogP contribution in [0.5, 0.6) is 0 Å². The topological polar surface area (TPSA) is 103 Å². The van der Waals surface area contributed by atoms with Crippen molar-refractivity contribution in [3.05, 3.63) is 40.7 Å². The zero-order chi connectivity index (χ0) is 21.8. The number of nitrogens with zero attached hydrogens (tertiary/aromatic N) is 3. The molecule has 3 N–H and O–H groups in total. The van der Waals surface area contributed by atoms with Crippen LogP contribution >= 0.6 is 11.3 Å². The van der Waals surface area contributed by atoms with Crippen LogP contribution in [0.15, 0.2) is 24.3 Å². The highest BCUT2D eigenvalue weighted by molar-refractivity contribution is 7.15. The molecule has 1 saturated heterocycles. The summed E-state index contributed by atoms with van der Waals surface area (Å²) in [5.74, 6) is 0.741. The number of fused-ring (bicyclic) bond motifs is 1. The number of nitrogens with one attached hydrogen (secondary N) is 3. The minimum atomic E-state index is -0.0958. The Balaban J connectivity index is 1.22. The van der Waals surface area contributed by atoms with E-state index in [1.807, 2.05) is 38.1 Å². The van der Waals surface area contributed by atoms with Crippen molar-refractivity contribution in [3.63, 3.8) is 0 Å². The van der Waals surface area contributed by atoms with E-state index in [0.29, 0.717) is 24.6 Å². The Hall–Kier alpha value is -2.78. The number of amides is 2. The van der Waals surface area contributed by atoms with Gasteiger partial charge < -0.3 is 15.6 Å². The molecule has 0 radical (unpaired) electrons. The predicted octanol–water partition coefficient (Wildman–Crippen LogP) is 2.65. The third-order valence-corrected chi connectivity index (χ3v) is 6.61. The van der Waals surface area contributed by atoms with Gasteiger partial charge in [-0.05, 0) is 45.4 Å². The van der Waals surface area contributed by atoms with Gasteiger partial charge in [-0.3, -0.25) is 14.5 Å². The van der Waals surface area contributed by atoms with Crippen molar-refractivity contribution in [3.8, 4) is 0 Å². The van der Waals surface area contributed by atoms with Crippen molar-refractivity contribution in [2.45, 2.75) is 33.1 Å². The van der Waals surface area contributed by atoms with E-state index in [9.17, 15) is 9.59 Å². The maximum absolute atomic E-state index is 12.6. The number of carbonyl (C=O) groups excluding carboxylic acids is 2. The molecule has 9 heteroatoms. The average Bonchev–Trinajstić information content (AvgIpc) is 3.29. The van der Waals surface area contributed by atoms with Crippen molar-refractivity contribution >= 4 is 39.3 Å². The highest BCUT2D eigenvalue weighted by Gasteiger charge is 2.26. The van der Waals surface area contributed by atoms with E-state index in [1.54, 1.807) is 0 Å². The van der Waals surface area contributed by atoms with Crippen LogP contribution in [0.4, 0.5) is 5.13 Å². The number of aryl methyl sites for hydroxylation is 2. The molecule has 8 nitrogen and oxygen atoms in total. The molecule has 1 unspecified atom stereocenters. The van der Waals surface area contributed by atoms with Gasteiger partial charge in [0.25, 0.3) is 0 Å². The van der Waals surface area contributed by atoms with Crippen molar-refractivity contribution < 1.29 is 9.59 Å². The van der Waals surface area contributed by atoms with Crippen LogP contribution < -0.4 is 10.6 Å². The summed E-state index contributed by atoms with van der Waals surface area (Å²) in [6.07, 6.45) is 2.41. The van der Waals surface area contributed by atoms with Crippen molar-refractivity contribution in [2.24, 2.45) is 5.92 Å². The van der Waals surface area contributed by atoms with Gasteiger partial charge in [0.05, 0.1) is 29.2 Å². The number of hydrogen-bond acceptors (Lipinski definition) is 6. The number of rotatable bonds is 7. The zero-order valence-corrected chi connectivity index (χ0v) is 18.7. The van der Waals surface area contributed by atoms with E-state index in [1.165, 1.54) is 11.3 Å². The number of thiazole rings is 1. The maximum atomic E-state index is 12.6. The van der Waals surface area contributed by atoms with Crippen LogP contribution in [-0.4, -0.2) is 57.8 Å². The number of imidazole rings is 1. The predicted molar refractivity (Wildman–Crippen MR) is 122 cm³/mol. The molecular weight excluding hydrogens is 412 g/mol. The largest absolute Gasteiger partial charge is 0.355 e. The second-order valence-corrected chi connectivity index (χ2v) is 9.23. The summed E-state index contributed by atoms with van der Waals surface area (Å²) in [6.45, 7) is 6.17. The molecule has 4 rings (SSSR count). The molecule has 1 atom stereocenters. The molecular formula is C22H28N6O2S. The Morgan fingerprint density at radius 1 is 1.26 bits per heavy atom. The fourth-order valence-electron chi connectivity index (χ4n) is 3.87. The Morgan fingerprint density at radius 2 is 2.10 bits per heavy atom. The first-order valence-corrected chi connectivity index (χ1v) is 11.5. The third-order valence-electron chi connectivity index (χ3n) is 5.62. The van der Waals surface area contributed by atoms with Crippen LogP contribution in [0, 0.1) is 19.8 Å². The quantitative estimate of drug-likeness (QED) is 0.524. The van der Waals surface area contributed by atoms with Gasteiger partial charge in [-0.15, -0.1) is 11.3 Å². The molecule has 2 amide bonds. The fourth-order valence-corrected chi connectivity index (χ4v) is 4.70. The molecule has 0 saturated carbocycles. The molecule has 1 fully saturated rings. The van der Waals surface area contributed by atoms with Gasteiger partial charge in [0.1, 0.15) is 5.82 Å². The first kappa shape index (κ1) is 21.5. The minimum absolute atomic E-state index is 0.0485. The molecule has 31 heavy (non-hydrogen) atoms. The Bertz CT molecular complexity index is 1020. The minimum Gasteiger partial charge on any atom is -0.355 e. The summed E-state index contributed by atoms with van der Waals surface area (Å²) >= 11 is 1.49. The fraction of sp³-hybridized carbons (Fsp3) is 0.455. The smallest absolute Gasteiger partial charge is 0.240 e. The van der Waals surface area contributed by atoms with Gasteiger partial charge in [-0.25, -0.2) is 9.97 Å². The van der Waals surface area contributed by atoms with E-state index in [-0.39, 0.29) is 24.3 Å². The molecule has 3 heterocycles. The van der Waals surface area contributed by atoms with Crippen LogP contribution in [0.3, 0.4) is 0 Å². The van der Waals surface area contributed by atoms with Crippen molar-refractivity contribution in [1.82, 2.24) is 25.2 Å². The summed E-state index contributed by atoms with van der Waals surface area (Å²) in [4.78, 5) is 40.4. The third kappa shape index (κ3) is 5.48. The second-order valence-electron chi connectivity index (χ2n) is 8.02. The number of aromatic nitrogens is 3. The van der Waals surface area contributed by atoms with Gasteiger partial charge in [0.15, 0.2) is 5.13 Å². The number of piperidine rings is 1. The summed E-state index contributed by atoms with van der Waals surface area (Å²) in [7, 11) is 0. The second kappa shape index (κ2) is 9.57. The zero-order valence-electron chi connectivity index (χ0n) is 17.9.